The molecule has 0 saturated carbocycles. The highest BCUT2D eigenvalue weighted by molar-refractivity contribution is 8.10. The van der Waals surface area contributed by atoms with Gasteiger partial charge in [-0.05, 0) is 49.2 Å². The Bertz CT molecular complexity index is 1940. The van der Waals surface area contributed by atoms with Crippen molar-refractivity contribution in [2.75, 3.05) is 15.2 Å². The molecule has 2 atom stereocenters. The Morgan fingerprint density at radius 3 is 2.00 bits per heavy atom. The van der Waals surface area contributed by atoms with Gasteiger partial charge in [-0.1, -0.05) is 66.2 Å². The number of nitrogens with zero attached hydrogens (tertiary/aromatic N) is 2. The molecule has 4 aromatic carbocycles. The summed E-state index contributed by atoms with van der Waals surface area (Å²) >= 11 is 6.75. The third-order valence-corrected chi connectivity index (χ3v) is 12.2. The van der Waals surface area contributed by atoms with E-state index in [1.54, 1.807) is 41.3 Å². The molecule has 1 amide bonds. The Morgan fingerprint density at radius 2 is 1.41 bits per heavy atom. The molecule has 0 aliphatic carbocycles. The lowest BCUT2D eigenvalue weighted by molar-refractivity contribution is -0.174. The van der Waals surface area contributed by atoms with Crippen LogP contribution < -0.4 is 18.7 Å². The molecule has 1 saturated heterocycles. The number of hydrogen-bond donors (Lipinski definition) is 1. The topological polar surface area (TPSA) is 113 Å². The van der Waals surface area contributed by atoms with Gasteiger partial charge in [0.25, 0.3) is 20.0 Å². The zero-order valence-electron chi connectivity index (χ0n) is 23.7. The first-order valence-corrected chi connectivity index (χ1v) is 17.2. The molecule has 0 radical (unpaired) electrons. The quantitative estimate of drug-likeness (QED) is 0.248. The molecule has 6 rings (SSSR count). The van der Waals surface area contributed by atoms with Gasteiger partial charge in [0.1, 0.15) is 5.75 Å². The molecule has 9 nitrogen and oxygen atoms in total. The third-order valence-electron chi connectivity index (χ3n) is 7.72. The van der Waals surface area contributed by atoms with Gasteiger partial charge in [0.2, 0.25) is 0 Å². The third kappa shape index (κ3) is 5.65. The molecule has 2 heterocycles. The minimum Gasteiger partial charge on any atom is -0.455 e. The summed E-state index contributed by atoms with van der Waals surface area (Å²) in [6.45, 7) is 0.317. The first-order chi connectivity index (χ1) is 21.8. The van der Waals surface area contributed by atoms with Gasteiger partial charge >= 0.3 is 12.1 Å². The van der Waals surface area contributed by atoms with Crippen LogP contribution in [-0.2, 0) is 24.8 Å². The van der Waals surface area contributed by atoms with Crippen LogP contribution in [0.1, 0.15) is 24.4 Å². The number of hydrogen-bond acceptors (Lipinski definition) is 7. The van der Waals surface area contributed by atoms with Crippen LogP contribution in [0.4, 0.5) is 24.5 Å². The van der Waals surface area contributed by atoms with Gasteiger partial charge in [0.05, 0.1) is 38.3 Å². The fourth-order valence-corrected chi connectivity index (χ4v) is 9.83. The number of para-hydroxylation sites is 1. The Hall–Kier alpha value is -4.27. The summed E-state index contributed by atoms with van der Waals surface area (Å²) < 4.78 is 103. The minimum atomic E-state index is -5.10. The van der Waals surface area contributed by atoms with Crippen molar-refractivity contribution in [3.8, 4) is 11.5 Å². The second kappa shape index (κ2) is 11.8. The van der Waals surface area contributed by atoms with E-state index in [2.05, 4.69) is 5.32 Å². The van der Waals surface area contributed by atoms with E-state index in [9.17, 15) is 34.8 Å². The number of piperidine rings is 1. The monoisotopic (exact) mass is 691 g/mol. The zero-order valence-corrected chi connectivity index (χ0v) is 26.1. The summed E-state index contributed by atoms with van der Waals surface area (Å²) in [6, 6.07) is 21.2. The van der Waals surface area contributed by atoms with E-state index in [0.29, 0.717) is 18.5 Å². The average molecular weight is 692 g/mol. The lowest BCUT2D eigenvalue weighted by Crippen LogP contribution is -2.52. The summed E-state index contributed by atoms with van der Waals surface area (Å²) in [5.74, 6) is -1.85. The number of alkyl halides is 3. The SMILES string of the molecule is O=C(N[C@@H]1CCCN2c3cc(Cl)c(N(S(=O)(=O)c4ccccc4)S(=O)(=O)c4ccccc4)cc3Oc3ccccc3[C@@H]12)C(F)(F)F. The van der Waals surface area contributed by atoms with E-state index >= 15 is 0 Å². The number of ether oxygens (including phenoxy) is 1. The molecular weight excluding hydrogens is 667 g/mol. The van der Waals surface area contributed by atoms with Crippen LogP contribution >= 0.6 is 11.6 Å². The highest BCUT2D eigenvalue weighted by atomic mass is 35.5. The van der Waals surface area contributed by atoms with Crippen molar-refractivity contribution in [2.45, 2.75) is 40.9 Å². The van der Waals surface area contributed by atoms with Gasteiger partial charge in [-0.3, -0.25) is 4.79 Å². The molecule has 0 bridgehead atoms. The number of benzene rings is 4. The molecule has 15 heteroatoms. The van der Waals surface area contributed by atoms with Crippen molar-refractivity contribution in [1.82, 2.24) is 5.32 Å². The van der Waals surface area contributed by atoms with E-state index in [-0.39, 0.29) is 42.1 Å². The predicted octanol–water partition coefficient (Wildman–Crippen LogP) is 6.42. The molecule has 0 aromatic heterocycles. The summed E-state index contributed by atoms with van der Waals surface area (Å²) in [6.07, 6.45) is -4.48. The van der Waals surface area contributed by atoms with Gasteiger partial charge in [-0.25, -0.2) is 16.8 Å². The normalized spacial score (nSPS) is 17.9. The molecule has 2 aliphatic rings. The van der Waals surface area contributed by atoms with Crippen LogP contribution in [-0.4, -0.2) is 41.5 Å². The second-order valence-electron chi connectivity index (χ2n) is 10.6. The Balaban J connectivity index is 1.54. The summed E-state index contributed by atoms with van der Waals surface area (Å²) in [5.41, 5.74) is 0.312. The van der Waals surface area contributed by atoms with Crippen LogP contribution in [0.5, 0.6) is 11.5 Å². The maximum atomic E-state index is 14.1. The van der Waals surface area contributed by atoms with Gasteiger partial charge in [-0.2, -0.15) is 16.9 Å². The van der Waals surface area contributed by atoms with Crippen molar-refractivity contribution in [3.63, 3.8) is 0 Å². The molecule has 2 aliphatic heterocycles. The molecule has 4 aromatic rings. The highest BCUT2D eigenvalue weighted by Gasteiger charge is 2.45. The predicted molar refractivity (Wildman–Crippen MR) is 165 cm³/mol. The van der Waals surface area contributed by atoms with Crippen LogP contribution in [0.15, 0.2) is 107 Å². The van der Waals surface area contributed by atoms with Crippen molar-refractivity contribution in [2.24, 2.45) is 0 Å². The highest BCUT2D eigenvalue weighted by Crippen LogP contribution is 2.51. The second-order valence-corrected chi connectivity index (χ2v) is 14.8. The van der Waals surface area contributed by atoms with Gasteiger partial charge in [0, 0.05) is 18.2 Å². The lowest BCUT2D eigenvalue weighted by Gasteiger charge is -2.42. The summed E-state index contributed by atoms with van der Waals surface area (Å²) in [7, 11) is -9.60. The number of nitrogens with one attached hydrogen (secondary N) is 1. The summed E-state index contributed by atoms with van der Waals surface area (Å²) in [5, 5.41) is 1.83. The fraction of sp³-hybridized carbons (Fsp3) is 0.194. The lowest BCUT2D eigenvalue weighted by atomic mass is 9.89. The van der Waals surface area contributed by atoms with E-state index in [4.69, 9.17) is 16.3 Å². The maximum Gasteiger partial charge on any atom is 0.471 e. The van der Waals surface area contributed by atoms with E-state index in [1.807, 2.05) is 0 Å². The van der Waals surface area contributed by atoms with Crippen molar-refractivity contribution >= 4 is 48.9 Å². The summed E-state index contributed by atoms with van der Waals surface area (Å²) in [4.78, 5) is 13.1. The number of amides is 1. The Morgan fingerprint density at radius 1 is 0.848 bits per heavy atom. The van der Waals surface area contributed by atoms with Crippen molar-refractivity contribution in [1.29, 1.82) is 0 Å². The molecule has 0 spiro atoms. The average Bonchev–Trinajstić information content (AvgIpc) is 3.16. The number of fused-ring (bicyclic) bond motifs is 5. The number of halogens is 4. The van der Waals surface area contributed by atoms with E-state index in [1.165, 1.54) is 60.7 Å². The van der Waals surface area contributed by atoms with Crippen molar-refractivity contribution in [3.05, 3.63) is 108 Å². The molecule has 46 heavy (non-hydrogen) atoms. The number of carbonyl (C=O) groups excluding carboxylic acids is 1. The van der Waals surface area contributed by atoms with Crippen LogP contribution in [0, 0.1) is 0 Å². The zero-order chi connectivity index (χ0) is 32.9. The van der Waals surface area contributed by atoms with Crippen LogP contribution in [0.25, 0.3) is 0 Å². The molecular formula is C31H25ClF3N3O6S2. The maximum absolute atomic E-state index is 14.1. The van der Waals surface area contributed by atoms with Gasteiger partial charge < -0.3 is 15.0 Å². The number of sulfonamides is 2. The first-order valence-electron chi connectivity index (χ1n) is 14.0. The van der Waals surface area contributed by atoms with Gasteiger partial charge in [0.15, 0.2) is 5.75 Å². The molecule has 1 fully saturated rings. The minimum absolute atomic E-state index is 0.00803. The number of rotatable bonds is 6. The Labute approximate surface area is 268 Å². The Kier molecular flexibility index (Phi) is 8.15. The standard InChI is InChI=1S/C31H25ClF3N3O6S2/c32-23-18-26-28(44-27-16-8-7-14-22(27)29-24(15-9-17-37(26)29)36-30(39)31(33,34)35)19-25(23)38(45(40,41)20-10-3-1-4-11-20)46(42,43)21-12-5-2-6-13-21/h1-8,10-14,16,18-19,24,29H,9,15,17H2,(H,36,39)/t24-,29+/m1/s1. The fourth-order valence-electron chi connectivity index (χ4n) is 5.73. The largest absolute Gasteiger partial charge is 0.471 e. The van der Waals surface area contributed by atoms with Crippen LogP contribution in [0.2, 0.25) is 5.02 Å². The van der Waals surface area contributed by atoms with E-state index in [0.717, 1.165) is 0 Å². The number of carbonyl (C=O) groups is 1. The van der Waals surface area contributed by atoms with Crippen molar-refractivity contribution < 1.29 is 39.5 Å². The van der Waals surface area contributed by atoms with E-state index < -0.39 is 49.9 Å². The molecule has 0 unspecified atom stereocenters. The molecule has 240 valence electrons. The smallest absolute Gasteiger partial charge is 0.455 e. The molecule has 1 N–H and O–H groups in total. The number of anilines is 2. The van der Waals surface area contributed by atoms with Gasteiger partial charge in [-0.15, -0.1) is 0 Å². The first kappa shape index (κ1) is 31.7. The van der Waals surface area contributed by atoms with Crippen LogP contribution in [0.3, 0.4) is 0 Å².